The zero-order chi connectivity index (χ0) is 11.5. The second-order valence-electron chi connectivity index (χ2n) is 3.22. The van der Waals surface area contributed by atoms with Gasteiger partial charge in [0.05, 0.1) is 11.3 Å². The van der Waals surface area contributed by atoms with Gasteiger partial charge in [0.15, 0.2) is 5.82 Å². The van der Waals surface area contributed by atoms with Gasteiger partial charge in [0.25, 0.3) is 0 Å². The van der Waals surface area contributed by atoms with Crippen molar-refractivity contribution in [3.8, 4) is 5.69 Å². The zero-order valence-corrected chi connectivity index (χ0v) is 8.66. The summed E-state index contributed by atoms with van der Waals surface area (Å²) in [6, 6.07) is 6.50. The van der Waals surface area contributed by atoms with E-state index in [0.29, 0.717) is 17.9 Å². The minimum Gasteiger partial charge on any atom is -0.478 e. The molecule has 6 heteroatoms. The minimum absolute atomic E-state index is 0.218. The number of carboxylic acids is 1. The number of nitrogens with zero attached hydrogens (tertiary/aromatic N) is 4. The Balaban J connectivity index is 2.48. The number of tetrazole rings is 1. The molecule has 82 valence electrons. The molecule has 0 amide bonds. The highest BCUT2D eigenvalue weighted by molar-refractivity contribution is 5.88. The van der Waals surface area contributed by atoms with Crippen LogP contribution in [0.15, 0.2) is 24.3 Å². The highest BCUT2D eigenvalue weighted by Crippen LogP contribution is 2.11. The molecule has 1 aromatic carbocycles. The van der Waals surface area contributed by atoms with Crippen LogP contribution in [0.1, 0.15) is 23.1 Å². The summed E-state index contributed by atoms with van der Waals surface area (Å²) in [6.07, 6.45) is 0.685. The van der Waals surface area contributed by atoms with Gasteiger partial charge in [-0.2, -0.15) is 4.68 Å². The highest BCUT2D eigenvalue weighted by Gasteiger charge is 2.08. The molecule has 16 heavy (non-hydrogen) atoms. The standard InChI is InChI=1S/C10H10N4O2/c1-2-9-11-12-13-14(9)8-5-3-4-7(6-8)10(15)16/h3-6H,2H2,1H3,(H,15,16). The number of hydrogen-bond acceptors (Lipinski definition) is 4. The van der Waals surface area contributed by atoms with Gasteiger partial charge in [0.2, 0.25) is 0 Å². The number of hydrogen-bond donors (Lipinski definition) is 1. The fourth-order valence-corrected chi connectivity index (χ4v) is 1.40. The molecule has 2 rings (SSSR count). The second-order valence-corrected chi connectivity index (χ2v) is 3.22. The SMILES string of the molecule is CCc1nnnn1-c1cccc(C(=O)O)c1. The van der Waals surface area contributed by atoms with E-state index in [-0.39, 0.29) is 5.56 Å². The Labute approximate surface area is 91.5 Å². The first-order valence-corrected chi connectivity index (χ1v) is 4.83. The molecular weight excluding hydrogens is 208 g/mol. The molecule has 0 aliphatic heterocycles. The van der Waals surface area contributed by atoms with Crippen molar-refractivity contribution < 1.29 is 9.90 Å². The van der Waals surface area contributed by atoms with Crippen molar-refractivity contribution in [1.82, 2.24) is 20.2 Å². The molecule has 0 saturated carbocycles. The van der Waals surface area contributed by atoms with Crippen molar-refractivity contribution in [1.29, 1.82) is 0 Å². The number of carbonyl (C=O) groups is 1. The number of benzene rings is 1. The lowest BCUT2D eigenvalue weighted by Crippen LogP contribution is -2.04. The molecule has 0 spiro atoms. The lowest BCUT2D eigenvalue weighted by molar-refractivity contribution is 0.0697. The summed E-state index contributed by atoms with van der Waals surface area (Å²) in [5.74, 6) is -0.268. The van der Waals surface area contributed by atoms with Crippen LogP contribution in [0.5, 0.6) is 0 Å². The first kappa shape index (κ1) is 10.3. The molecule has 0 unspecified atom stereocenters. The van der Waals surface area contributed by atoms with Crippen LogP contribution in [0, 0.1) is 0 Å². The van der Waals surface area contributed by atoms with Crippen LogP contribution < -0.4 is 0 Å². The van der Waals surface area contributed by atoms with Gasteiger partial charge in [-0.3, -0.25) is 0 Å². The largest absolute Gasteiger partial charge is 0.478 e. The van der Waals surface area contributed by atoms with Crippen LogP contribution in [0.2, 0.25) is 0 Å². The van der Waals surface area contributed by atoms with Gasteiger partial charge in [-0.15, -0.1) is 5.10 Å². The molecule has 0 radical (unpaired) electrons. The van der Waals surface area contributed by atoms with Crippen LogP contribution in [-0.4, -0.2) is 31.3 Å². The van der Waals surface area contributed by atoms with Crippen molar-refractivity contribution in [2.75, 3.05) is 0 Å². The van der Waals surface area contributed by atoms with E-state index in [0.717, 1.165) is 0 Å². The number of rotatable bonds is 3. The molecule has 6 nitrogen and oxygen atoms in total. The maximum Gasteiger partial charge on any atom is 0.335 e. The Hall–Kier alpha value is -2.24. The van der Waals surface area contributed by atoms with Gasteiger partial charge < -0.3 is 5.11 Å². The Morgan fingerprint density at radius 2 is 2.31 bits per heavy atom. The van der Waals surface area contributed by atoms with E-state index in [1.807, 2.05) is 6.92 Å². The van der Waals surface area contributed by atoms with Crippen molar-refractivity contribution in [3.05, 3.63) is 35.7 Å². The van der Waals surface area contributed by atoms with E-state index in [4.69, 9.17) is 5.11 Å². The van der Waals surface area contributed by atoms with E-state index in [2.05, 4.69) is 15.5 Å². The smallest absolute Gasteiger partial charge is 0.335 e. The van der Waals surface area contributed by atoms with Crippen LogP contribution >= 0.6 is 0 Å². The summed E-state index contributed by atoms with van der Waals surface area (Å²) in [6.45, 7) is 1.93. The Morgan fingerprint density at radius 3 is 3.00 bits per heavy atom. The van der Waals surface area contributed by atoms with Gasteiger partial charge in [-0.1, -0.05) is 13.0 Å². The summed E-state index contributed by atoms with van der Waals surface area (Å²) >= 11 is 0. The predicted octanol–water partition coefficient (Wildman–Crippen LogP) is 0.923. The fraction of sp³-hybridized carbons (Fsp3) is 0.200. The minimum atomic E-state index is -0.965. The molecule has 0 aliphatic carbocycles. The predicted molar refractivity (Wildman–Crippen MR) is 55.5 cm³/mol. The summed E-state index contributed by atoms with van der Waals surface area (Å²) in [5.41, 5.74) is 0.872. The van der Waals surface area contributed by atoms with Gasteiger partial charge in [0.1, 0.15) is 0 Å². The molecule has 2 aromatic rings. The lowest BCUT2D eigenvalue weighted by atomic mass is 10.2. The third-order valence-electron chi connectivity index (χ3n) is 2.19. The van der Waals surface area contributed by atoms with Crippen molar-refractivity contribution in [2.45, 2.75) is 13.3 Å². The molecular formula is C10H10N4O2. The maximum absolute atomic E-state index is 10.8. The summed E-state index contributed by atoms with van der Waals surface area (Å²) < 4.78 is 1.53. The molecule has 1 aromatic heterocycles. The van der Waals surface area contributed by atoms with Crippen LogP contribution in [0.3, 0.4) is 0 Å². The molecule has 0 aliphatic rings. The van der Waals surface area contributed by atoms with Crippen LogP contribution in [-0.2, 0) is 6.42 Å². The first-order chi connectivity index (χ1) is 7.72. The summed E-state index contributed by atoms with van der Waals surface area (Å²) in [5, 5.41) is 20.1. The molecule has 1 heterocycles. The number of aromatic carboxylic acids is 1. The van der Waals surface area contributed by atoms with Gasteiger partial charge in [-0.05, 0) is 28.6 Å². The first-order valence-electron chi connectivity index (χ1n) is 4.83. The molecule has 0 saturated heterocycles. The number of aromatic nitrogens is 4. The zero-order valence-electron chi connectivity index (χ0n) is 8.66. The average molecular weight is 218 g/mol. The lowest BCUT2D eigenvalue weighted by Gasteiger charge is -2.03. The normalized spacial score (nSPS) is 10.3. The van der Waals surface area contributed by atoms with Crippen LogP contribution in [0.25, 0.3) is 5.69 Å². The Morgan fingerprint density at radius 1 is 1.50 bits per heavy atom. The highest BCUT2D eigenvalue weighted by atomic mass is 16.4. The topological polar surface area (TPSA) is 80.9 Å². The average Bonchev–Trinajstić information content (AvgIpc) is 2.77. The summed E-state index contributed by atoms with van der Waals surface area (Å²) in [4.78, 5) is 10.8. The van der Waals surface area contributed by atoms with Gasteiger partial charge >= 0.3 is 5.97 Å². The van der Waals surface area contributed by atoms with Crippen molar-refractivity contribution in [3.63, 3.8) is 0 Å². The van der Waals surface area contributed by atoms with Crippen LogP contribution in [0.4, 0.5) is 0 Å². The number of aryl methyl sites for hydroxylation is 1. The monoisotopic (exact) mass is 218 g/mol. The third kappa shape index (κ3) is 1.77. The van der Waals surface area contributed by atoms with Crippen molar-refractivity contribution in [2.24, 2.45) is 0 Å². The van der Waals surface area contributed by atoms with E-state index < -0.39 is 5.97 Å². The van der Waals surface area contributed by atoms with E-state index in [1.165, 1.54) is 16.8 Å². The van der Waals surface area contributed by atoms with Gasteiger partial charge in [0, 0.05) is 6.42 Å². The third-order valence-corrected chi connectivity index (χ3v) is 2.19. The Kier molecular flexibility index (Phi) is 2.63. The summed E-state index contributed by atoms with van der Waals surface area (Å²) in [7, 11) is 0. The maximum atomic E-state index is 10.8. The molecule has 0 atom stereocenters. The van der Waals surface area contributed by atoms with E-state index in [1.54, 1.807) is 12.1 Å². The fourth-order valence-electron chi connectivity index (χ4n) is 1.40. The Bertz CT molecular complexity index is 521. The van der Waals surface area contributed by atoms with E-state index >= 15 is 0 Å². The van der Waals surface area contributed by atoms with Crippen molar-refractivity contribution >= 4 is 5.97 Å². The second kappa shape index (κ2) is 4.09. The molecule has 1 N–H and O–H groups in total. The molecule has 0 bridgehead atoms. The number of carboxylic acid groups (broad SMARTS) is 1. The molecule has 0 fully saturated rings. The van der Waals surface area contributed by atoms with Gasteiger partial charge in [-0.25, -0.2) is 4.79 Å². The van der Waals surface area contributed by atoms with E-state index in [9.17, 15) is 4.79 Å². The quantitative estimate of drug-likeness (QED) is 0.828.